The maximum Gasteiger partial charge on any atom is 0.302 e. The van der Waals surface area contributed by atoms with Gasteiger partial charge in [0.1, 0.15) is 5.25 Å². The van der Waals surface area contributed by atoms with Crippen molar-refractivity contribution in [2.45, 2.75) is 38.5 Å². The predicted octanol–water partition coefficient (Wildman–Crippen LogP) is 3.43. The molecule has 0 saturated carbocycles. The Bertz CT molecular complexity index is 658. The summed E-state index contributed by atoms with van der Waals surface area (Å²) < 4.78 is 4.40. The van der Waals surface area contributed by atoms with Gasteiger partial charge >= 0.3 is 5.97 Å². The number of anilines is 1. The summed E-state index contributed by atoms with van der Waals surface area (Å²) in [5.74, 6) is 0.700. The van der Waals surface area contributed by atoms with Crippen molar-refractivity contribution in [3.8, 4) is 6.07 Å². The molecule has 1 saturated heterocycles. The molecule has 0 bridgehead atoms. The summed E-state index contributed by atoms with van der Waals surface area (Å²) in [6.07, 6.45) is 4.12. The number of nitrogens with zero attached hydrogens (tertiary/aromatic N) is 2. The van der Waals surface area contributed by atoms with Crippen molar-refractivity contribution in [2.75, 3.05) is 24.2 Å². The number of thioether (sulfide) groups is 1. The fourth-order valence-electron chi connectivity index (χ4n) is 2.52. The maximum atomic E-state index is 12.4. The van der Waals surface area contributed by atoms with Gasteiger partial charge in [-0.2, -0.15) is 5.26 Å². The number of amides is 1. The van der Waals surface area contributed by atoms with Crippen LogP contribution in [0.15, 0.2) is 42.6 Å². The van der Waals surface area contributed by atoms with E-state index in [1.165, 1.54) is 6.92 Å². The first kappa shape index (κ1) is 22.6. The quantitative estimate of drug-likeness (QED) is 0.751. The monoisotopic (exact) mass is 389 g/mol. The van der Waals surface area contributed by atoms with Crippen molar-refractivity contribution in [3.63, 3.8) is 0 Å². The zero-order chi connectivity index (χ0) is 20.1. The van der Waals surface area contributed by atoms with Gasteiger partial charge in [-0.15, -0.1) is 11.8 Å². The molecular weight excluding hydrogens is 362 g/mol. The Morgan fingerprint density at radius 3 is 2.63 bits per heavy atom. The molecular formula is C20H27N3O3S. The average Bonchev–Trinajstić information content (AvgIpc) is 2.65. The number of rotatable bonds is 6. The molecule has 0 spiro atoms. The van der Waals surface area contributed by atoms with Crippen LogP contribution in [0.4, 0.5) is 5.69 Å². The van der Waals surface area contributed by atoms with Gasteiger partial charge < -0.3 is 15.0 Å². The second-order valence-electron chi connectivity index (χ2n) is 5.69. The van der Waals surface area contributed by atoms with Crippen LogP contribution in [-0.4, -0.2) is 47.0 Å². The second kappa shape index (κ2) is 12.8. The van der Waals surface area contributed by atoms with Crippen molar-refractivity contribution < 1.29 is 14.3 Å². The van der Waals surface area contributed by atoms with Crippen LogP contribution < -0.4 is 5.32 Å². The number of carbonyl (C=O) groups excluding carboxylic acids is 2. The van der Waals surface area contributed by atoms with Crippen molar-refractivity contribution >= 4 is 29.3 Å². The highest BCUT2D eigenvalue weighted by molar-refractivity contribution is 8.00. The van der Waals surface area contributed by atoms with E-state index in [0.29, 0.717) is 19.6 Å². The highest BCUT2D eigenvalue weighted by Crippen LogP contribution is 2.26. The van der Waals surface area contributed by atoms with E-state index < -0.39 is 0 Å². The summed E-state index contributed by atoms with van der Waals surface area (Å²) in [5.41, 5.74) is 0.997. The fourth-order valence-corrected chi connectivity index (χ4v) is 3.71. The van der Waals surface area contributed by atoms with Gasteiger partial charge in [0.2, 0.25) is 5.91 Å². The van der Waals surface area contributed by atoms with Gasteiger partial charge in [-0.25, -0.2) is 0 Å². The lowest BCUT2D eigenvalue weighted by atomic mass is 10.2. The lowest BCUT2D eigenvalue weighted by Gasteiger charge is -2.36. The minimum atomic E-state index is -0.211. The molecule has 0 radical (unpaired) electrons. The minimum Gasteiger partial charge on any atom is -0.466 e. The Morgan fingerprint density at radius 2 is 2.11 bits per heavy atom. The molecule has 146 valence electrons. The first-order valence-electron chi connectivity index (χ1n) is 8.94. The van der Waals surface area contributed by atoms with Gasteiger partial charge in [0, 0.05) is 24.9 Å². The normalized spacial score (nSPS) is 19.0. The molecule has 2 atom stereocenters. The molecule has 1 amide bonds. The number of hydrogen-bond acceptors (Lipinski definition) is 6. The Morgan fingerprint density at radius 1 is 1.41 bits per heavy atom. The number of nitrogens with one attached hydrogen (secondary N) is 1. The Kier molecular flexibility index (Phi) is 10.7. The number of benzene rings is 1. The summed E-state index contributed by atoms with van der Waals surface area (Å²) in [7, 11) is 0. The predicted molar refractivity (Wildman–Crippen MR) is 109 cm³/mol. The van der Waals surface area contributed by atoms with E-state index in [2.05, 4.69) is 16.1 Å². The summed E-state index contributed by atoms with van der Waals surface area (Å²) >= 11 is 1.60. The molecule has 1 aromatic rings. The Labute approximate surface area is 165 Å². The highest BCUT2D eigenvalue weighted by atomic mass is 32.2. The van der Waals surface area contributed by atoms with E-state index in [4.69, 9.17) is 5.26 Å². The Balaban J connectivity index is 0.000000527. The molecule has 0 aliphatic carbocycles. The van der Waals surface area contributed by atoms with Crippen molar-refractivity contribution in [3.05, 3.63) is 42.6 Å². The minimum absolute atomic E-state index is 0.0456. The van der Waals surface area contributed by atoms with Crippen LogP contribution in [0.25, 0.3) is 0 Å². The van der Waals surface area contributed by atoms with E-state index >= 15 is 0 Å². The molecule has 1 N–H and O–H groups in total. The molecule has 0 aromatic heterocycles. The highest BCUT2D eigenvalue weighted by Gasteiger charge is 2.33. The van der Waals surface area contributed by atoms with Crippen LogP contribution in [0.2, 0.25) is 0 Å². The van der Waals surface area contributed by atoms with E-state index in [0.717, 1.165) is 11.4 Å². The molecule has 2 rings (SSSR count). The molecule has 1 aliphatic rings. The van der Waals surface area contributed by atoms with Crippen LogP contribution in [0, 0.1) is 11.3 Å². The standard InChI is InChI=1S/C16H19N3OS.C4H8O2/c1-2-19-14(8-10-17)12-21-15(16(19)20)9-11-18-13-6-4-3-5-7-13;1-3-6-4(2)5/h3-7,9,11,14-15,18H,2,8,12H2,1H3;3H2,1-2H3. The summed E-state index contributed by atoms with van der Waals surface area (Å²) in [6.45, 7) is 6.27. The van der Waals surface area contributed by atoms with Crippen molar-refractivity contribution in [1.29, 1.82) is 5.26 Å². The molecule has 1 fully saturated rings. The van der Waals surface area contributed by atoms with Crippen LogP contribution in [0.1, 0.15) is 27.2 Å². The van der Waals surface area contributed by atoms with Gasteiger partial charge in [0.05, 0.1) is 25.1 Å². The van der Waals surface area contributed by atoms with E-state index in [9.17, 15) is 9.59 Å². The molecule has 6 nitrogen and oxygen atoms in total. The van der Waals surface area contributed by atoms with Crippen molar-refractivity contribution in [2.24, 2.45) is 0 Å². The maximum absolute atomic E-state index is 12.4. The Hall–Kier alpha value is -2.46. The third-order valence-corrected chi connectivity index (χ3v) is 5.04. The largest absolute Gasteiger partial charge is 0.466 e. The number of carbonyl (C=O) groups is 2. The topological polar surface area (TPSA) is 82.4 Å². The van der Waals surface area contributed by atoms with Crippen LogP contribution in [0.5, 0.6) is 0 Å². The first-order chi connectivity index (χ1) is 13.0. The summed E-state index contributed by atoms with van der Waals surface area (Å²) in [4.78, 5) is 24.0. The van der Waals surface area contributed by atoms with E-state index in [1.807, 2.05) is 54.4 Å². The fraction of sp³-hybridized carbons (Fsp3) is 0.450. The lowest BCUT2D eigenvalue weighted by Crippen LogP contribution is -2.49. The smallest absolute Gasteiger partial charge is 0.302 e. The number of hydrogen-bond donors (Lipinski definition) is 1. The van der Waals surface area contributed by atoms with Gasteiger partial charge in [0.25, 0.3) is 0 Å². The lowest BCUT2D eigenvalue weighted by molar-refractivity contribution is -0.140. The number of ether oxygens (including phenoxy) is 1. The van der Waals surface area contributed by atoms with Gasteiger partial charge in [-0.05, 0) is 38.3 Å². The van der Waals surface area contributed by atoms with Crippen LogP contribution in [0.3, 0.4) is 0 Å². The SMILES string of the molecule is CCN1C(=O)C(C=CNc2ccccc2)SCC1CC#N.CCOC(C)=O. The van der Waals surface area contributed by atoms with E-state index in [-0.39, 0.29) is 23.2 Å². The summed E-state index contributed by atoms with van der Waals surface area (Å²) in [6, 6.07) is 12.0. The molecule has 1 aliphatic heterocycles. The number of nitriles is 1. The van der Waals surface area contributed by atoms with E-state index in [1.54, 1.807) is 18.7 Å². The van der Waals surface area contributed by atoms with Crippen LogP contribution in [-0.2, 0) is 14.3 Å². The number of para-hydroxylation sites is 1. The first-order valence-corrected chi connectivity index (χ1v) is 9.98. The third kappa shape index (κ3) is 8.18. The zero-order valence-electron chi connectivity index (χ0n) is 16.1. The van der Waals surface area contributed by atoms with Gasteiger partial charge in [-0.1, -0.05) is 18.2 Å². The molecule has 1 aromatic carbocycles. The second-order valence-corrected chi connectivity index (χ2v) is 6.86. The third-order valence-electron chi connectivity index (χ3n) is 3.75. The molecule has 1 heterocycles. The average molecular weight is 390 g/mol. The molecule has 7 heteroatoms. The van der Waals surface area contributed by atoms with Gasteiger partial charge in [-0.3, -0.25) is 9.59 Å². The summed E-state index contributed by atoms with van der Waals surface area (Å²) in [5, 5.41) is 11.8. The van der Waals surface area contributed by atoms with Crippen LogP contribution >= 0.6 is 11.8 Å². The van der Waals surface area contributed by atoms with Gasteiger partial charge in [0.15, 0.2) is 0 Å². The molecule has 2 unspecified atom stereocenters. The van der Waals surface area contributed by atoms with Crippen molar-refractivity contribution in [1.82, 2.24) is 4.90 Å². The molecule has 27 heavy (non-hydrogen) atoms. The zero-order valence-corrected chi connectivity index (χ0v) is 16.9. The number of esters is 1.